The lowest BCUT2D eigenvalue weighted by Gasteiger charge is -2.36. The minimum atomic E-state index is -0.826. The van der Waals surface area contributed by atoms with Crippen molar-refractivity contribution in [1.82, 2.24) is 14.7 Å². The topological polar surface area (TPSA) is 47.0 Å². The number of β-amino-alcohol motifs (C(OH)–C–C–N with tert-alkyl or cyclic N) is 1. The van der Waals surface area contributed by atoms with Gasteiger partial charge in [-0.2, -0.15) is 0 Å². The molecule has 2 saturated heterocycles. The highest BCUT2D eigenvalue weighted by Gasteiger charge is 2.39. The molecule has 1 atom stereocenters. The molecule has 0 spiro atoms. The van der Waals surface area contributed by atoms with E-state index in [1.807, 2.05) is 0 Å². The molecule has 1 aromatic rings. The maximum absolute atomic E-state index is 13.2. The summed E-state index contributed by atoms with van der Waals surface area (Å²) in [4.78, 5) is 18.7. The van der Waals surface area contributed by atoms with Gasteiger partial charge in [-0.3, -0.25) is 9.69 Å². The number of halogens is 1. The summed E-state index contributed by atoms with van der Waals surface area (Å²) in [5.74, 6) is -0.372. The van der Waals surface area contributed by atoms with Crippen LogP contribution in [0.3, 0.4) is 0 Å². The van der Waals surface area contributed by atoms with Crippen molar-refractivity contribution in [3.8, 4) is 0 Å². The Morgan fingerprint density at radius 3 is 2.71 bits per heavy atom. The predicted octanol–water partition coefficient (Wildman–Crippen LogP) is 0.579. The number of carbonyl (C=O) groups excluding carboxylic acids is 1. The molecule has 24 heavy (non-hydrogen) atoms. The lowest BCUT2D eigenvalue weighted by atomic mass is 10.0. The third-order valence-corrected chi connectivity index (χ3v) is 5.04. The molecule has 1 N–H and O–H groups in total. The van der Waals surface area contributed by atoms with Gasteiger partial charge < -0.3 is 14.9 Å². The van der Waals surface area contributed by atoms with E-state index in [0.29, 0.717) is 31.6 Å². The van der Waals surface area contributed by atoms with E-state index in [1.165, 1.54) is 12.1 Å². The molecule has 1 amide bonds. The summed E-state index contributed by atoms with van der Waals surface area (Å²) < 4.78 is 13.2. The number of benzene rings is 1. The Kier molecular flexibility index (Phi) is 5.18. The zero-order chi connectivity index (χ0) is 17.2. The van der Waals surface area contributed by atoms with Gasteiger partial charge in [0.1, 0.15) is 5.82 Å². The number of aliphatic hydroxyl groups is 1. The first-order valence-electron chi connectivity index (χ1n) is 8.59. The molecule has 5 nitrogen and oxygen atoms in total. The van der Waals surface area contributed by atoms with Crippen molar-refractivity contribution >= 4 is 5.91 Å². The van der Waals surface area contributed by atoms with E-state index < -0.39 is 5.60 Å². The van der Waals surface area contributed by atoms with Crippen LogP contribution in [0.5, 0.6) is 0 Å². The average Bonchev–Trinajstić information content (AvgIpc) is 2.92. The molecule has 132 valence electrons. The van der Waals surface area contributed by atoms with Gasteiger partial charge in [0.15, 0.2) is 0 Å². The summed E-state index contributed by atoms with van der Waals surface area (Å²) in [6.45, 7) is 5.49. The Hall–Kier alpha value is -1.50. The molecule has 0 aromatic heterocycles. The van der Waals surface area contributed by atoms with Crippen molar-refractivity contribution in [2.75, 3.05) is 52.9 Å². The Morgan fingerprint density at radius 1 is 1.25 bits per heavy atom. The summed E-state index contributed by atoms with van der Waals surface area (Å²) in [6.07, 6.45) is 0.788. The van der Waals surface area contributed by atoms with E-state index in [1.54, 1.807) is 17.0 Å². The van der Waals surface area contributed by atoms with Crippen LogP contribution in [0.15, 0.2) is 24.3 Å². The van der Waals surface area contributed by atoms with Gasteiger partial charge in [-0.1, -0.05) is 12.1 Å². The van der Waals surface area contributed by atoms with Gasteiger partial charge in [0, 0.05) is 39.3 Å². The minimum absolute atomic E-state index is 0.0464. The highest BCUT2D eigenvalue weighted by molar-refractivity contribution is 5.79. The number of likely N-dealkylation sites (N-methyl/N-ethyl adjacent to an activating group) is 1. The number of rotatable bonds is 4. The van der Waals surface area contributed by atoms with Crippen molar-refractivity contribution in [2.45, 2.75) is 18.4 Å². The van der Waals surface area contributed by atoms with Crippen molar-refractivity contribution in [2.24, 2.45) is 0 Å². The molecule has 0 saturated carbocycles. The predicted molar refractivity (Wildman–Crippen MR) is 90.2 cm³/mol. The molecule has 1 unspecified atom stereocenters. The molecule has 2 heterocycles. The molecule has 0 radical (unpaired) electrons. The van der Waals surface area contributed by atoms with Crippen LogP contribution in [0, 0.1) is 5.82 Å². The lowest BCUT2D eigenvalue weighted by Crippen LogP contribution is -2.52. The number of likely N-dealkylation sites (tertiary alicyclic amines) is 1. The SMILES string of the molecule is CN1CCN(CC2(O)CCN(C(=O)Cc3cccc(F)c3)C2)CC1. The fraction of sp³-hybridized carbons (Fsp3) is 0.611. The highest BCUT2D eigenvalue weighted by atomic mass is 19.1. The maximum Gasteiger partial charge on any atom is 0.227 e. The zero-order valence-electron chi connectivity index (χ0n) is 14.2. The highest BCUT2D eigenvalue weighted by Crippen LogP contribution is 2.24. The zero-order valence-corrected chi connectivity index (χ0v) is 14.2. The third-order valence-electron chi connectivity index (χ3n) is 5.04. The summed E-state index contributed by atoms with van der Waals surface area (Å²) >= 11 is 0. The first-order valence-corrected chi connectivity index (χ1v) is 8.59. The Bertz CT molecular complexity index is 589. The number of carbonyl (C=O) groups is 1. The van der Waals surface area contributed by atoms with Crippen molar-refractivity contribution in [3.05, 3.63) is 35.6 Å². The number of hydrogen-bond acceptors (Lipinski definition) is 4. The van der Waals surface area contributed by atoms with Crippen LogP contribution in [-0.4, -0.2) is 84.2 Å². The first kappa shape index (κ1) is 17.3. The fourth-order valence-electron chi connectivity index (χ4n) is 3.55. The van der Waals surface area contributed by atoms with E-state index >= 15 is 0 Å². The second-order valence-corrected chi connectivity index (χ2v) is 7.18. The smallest absolute Gasteiger partial charge is 0.227 e. The molecule has 1 aromatic carbocycles. The number of hydrogen-bond donors (Lipinski definition) is 1. The van der Waals surface area contributed by atoms with Crippen molar-refractivity contribution < 1.29 is 14.3 Å². The summed E-state index contributed by atoms with van der Waals surface area (Å²) in [7, 11) is 2.11. The van der Waals surface area contributed by atoms with Crippen LogP contribution < -0.4 is 0 Å². The fourth-order valence-corrected chi connectivity index (χ4v) is 3.55. The third kappa shape index (κ3) is 4.32. The first-order chi connectivity index (χ1) is 11.4. The monoisotopic (exact) mass is 335 g/mol. The second-order valence-electron chi connectivity index (χ2n) is 7.18. The molecule has 2 fully saturated rings. The summed E-state index contributed by atoms with van der Waals surface area (Å²) in [5.41, 5.74) is -0.150. The van der Waals surface area contributed by atoms with Crippen LogP contribution in [0.25, 0.3) is 0 Å². The van der Waals surface area contributed by atoms with Gasteiger partial charge >= 0.3 is 0 Å². The molecule has 0 aliphatic carbocycles. The van der Waals surface area contributed by atoms with Crippen molar-refractivity contribution in [1.29, 1.82) is 0 Å². The normalized spacial score (nSPS) is 26.0. The Labute approximate surface area is 142 Å². The molecular formula is C18H26FN3O2. The van der Waals surface area contributed by atoms with Crippen LogP contribution in [-0.2, 0) is 11.2 Å². The van der Waals surface area contributed by atoms with Crippen LogP contribution in [0.1, 0.15) is 12.0 Å². The molecule has 2 aliphatic heterocycles. The largest absolute Gasteiger partial charge is 0.387 e. The van der Waals surface area contributed by atoms with E-state index in [9.17, 15) is 14.3 Å². The second kappa shape index (κ2) is 7.17. The molecule has 6 heteroatoms. The number of amides is 1. The van der Waals surface area contributed by atoms with Gasteiger partial charge in [0.2, 0.25) is 5.91 Å². The van der Waals surface area contributed by atoms with E-state index in [0.717, 1.165) is 26.2 Å². The molecule has 2 aliphatic rings. The average molecular weight is 335 g/mol. The van der Waals surface area contributed by atoms with Crippen LogP contribution in [0.2, 0.25) is 0 Å². The lowest BCUT2D eigenvalue weighted by molar-refractivity contribution is -0.130. The number of piperazine rings is 1. The Balaban J connectivity index is 1.53. The van der Waals surface area contributed by atoms with E-state index in [2.05, 4.69) is 16.8 Å². The van der Waals surface area contributed by atoms with Gasteiger partial charge in [-0.15, -0.1) is 0 Å². The van der Waals surface area contributed by atoms with Gasteiger partial charge in [-0.25, -0.2) is 4.39 Å². The maximum atomic E-state index is 13.2. The molecule has 3 rings (SSSR count). The standard InChI is InChI=1S/C18H26FN3O2/c1-20-7-9-21(10-8-20)13-18(24)5-6-22(14-18)17(23)12-15-3-2-4-16(19)11-15/h2-4,11,24H,5-10,12-14H2,1H3. The van der Waals surface area contributed by atoms with Gasteiger partial charge in [0.25, 0.3) is 0 Å². The molecule has 0 bridgehead atoms. The van der Waals surface area contributed by atoms with Crippen molar-refractivity contribution in [3.63, 3.8) is 0 Å². The van der Waals surface area contributed by atoms with Gasteiger partial charge in [-0.05, 0) is 31.2 Å². The van der Waals surface area contributed by atoms with E-state index in [-0.39, 0.29) is 18.1 Å². The quantitative estimate of drug-likeness (QED) is 0.874. The van der Waals surface area contributed by atoms with Gasteiger partial charge in [0.05, 0.1) is 18.6 Å². The van der Waals surface area contributed by atoms with Crippen LogP contribution in [0.4, 0.5) is 4.39 Å². The van der Waals surface area contributed by atoms with Crippen LogP contribution >= 0.6 is 0 Å². The summed E-state index contributed by atoms with van der Waals surface area (Å²) in [5, 5.41) is 10.8. The number of nitrogens with zero attached hydrogens (tertiary/aromatic N) is 3. The molecular weight excluding hydrogens is 309 g/mol. The minimum Gasteiger partial charge on any atom is -0.387 e. The van der Waals surface area contributed by atoms with E-state index in [4.69, 9.17) is 0 Å². The Morgan fingerprint density at radius 2 is 2.00 bits per heavy atom. The summed E-state index contributed by atoms with van der Waals surface area (Å²) in [6, 6.07) is 6.14.